The average molecular weight is 182 g/mol. The lowest BCUT2D eigenvalue weighted by Crippen LogP contribution is -2.39. The Kier molecular flexibility index (Phi) is 3.45. The van der Waals surface area contributed by atoms with E-state index in [4.69, 9.17) is 5.73 Å². The Morgan fingerprint density at radius 1 is 1.85 bits per heavy atom. The highest BCUT2D eigenvalue weighted by Crippen LogP contribution is 1.89. The number of aromatic nitrogens is 2. The summed E-state index contributed by atoms with van der Waals surface area (Å²) in [5.41, 5.74) is 5.51. The average Bonchev–Trinajstić information content (AvgIpc) is 2.65. The maximum Gasteiger partial charge on any atom is 0.237 e. The van der Waals surface area contributed by atoms with E-state index in [1.165, 1.54) is 0 Å². The van der Waals surface area contributed by atoms with Gasteiger partial charge in [0.1, 0.15) is 5.82 Å². The third kappa shape index (κ3) is 2.87. The Bertz CT molecular complexity index is 257. The van der Waals surface area contributed by atoms with Gasteiger partial charge in [0.2, 0.25) is 5.91 Å². The first-order chi connectivity index (χ1) is 6.24. The normalized spacial score (nSPS) is 12.5. The molecular formula is C8H14N4O. The van der Waals surface area contributed by atoms with Gasteiger partial charge >= 0.3 is 0 Å². The largest absolute Gasteiger partial charge is 0.348 e. The number of imidazole rings is 1. The standard InChI is InChI=1S/C8H14N4O/c1-2-6(9)8(13)12-5-7-10-3-4-11-7/h3-4,6H,2,5,9H2,1H3,(H,10,11)(H,12,13)/t6-/m1/s1. The summed E-state index contributed by atoms with van der Waals surface area (Å²) in [6.45, 7) is 2.27. The van der Waals surface area contributed by atoms with Gasteiger partial charge in [-0.05, 0) is 6.42 Å². The van der Waals surface area contributed by atoms with Crippen molar-refractivity contribution in [3.63, 3.8) is 0 Å². The molecule has 0 unspecified atom stereocenters. The number of nitrogens with two attached hydrogens (primary N) is 1. The second kappa shape index (κ2) is 4.61. The van der Waals surface area contributed by atoms with E-state index in [0.717, 1.165) is 5.82 Å². The lowest BCUT2D eigenvalue weighted by molar-refractivity contribution is -0.122. The molecule has 1 aromatic heterocycles. The molecule has 5 heteroatoms. The number of amides is 1. The molecule has 0 saturated heterocycles. The number of aromatic amines is 1. The van der Waals surface area contributed by atoms with Gasteiger partial charge in [-0.25, -0.2) is 4.98 Å². The van der Waals surface area contributed by atoms with Crippen molar-refractivity contribution in [2.45, 2.75) is 25.9 Å². The van der Waals surface area contributed by atoms with Crippen molar-refractivity contribution in [3.05, 3.63) is 18.2 Å². The van der Waals surface area contributed by atoms with Gasteiger partial charge in [-0.15, -0.1) is 0 Å². The number of hydrogen-bond donors (Lipinski definition) is 3. The predicted molar refractivity (Wildman–Crippen MR) is 48.7 cm³/mol. The Balaban J connectivity index is 2.31. The van der Waals surface area contributed by atoms with E-state index < -0.39 is 6.04 Å². The molecule has 0 aromatic carbocycles. The van der Waals surface area contributed by atoms with Crippen LogP contribution >= 0.6 is 0 Å². The molecule has 0 saturated carbocycles. The van der Waals surface area contributed by atoms with Crippen LogP contribution in [0.2, 0.25) is 0 Å². The van der Waals surface area contributed by atoms with Gasteiger partial charge in [-0.3, -0.25) is 4.79 Å². The molecule has 0 aliphatic heterocycles. The summed E-state index contributed by atoms with van der Waals surface area (Å²) in [4.78, 5) is 18.0. The van der Waals surface area contributed by atoms with E-state index in [9.17, 15) is 4.79 Å². The van der Waals surface area contributed by atoms with Crippen LogP contribution < -0.4 is 11.1 Å². The van der Waals surface area contributed by atoms with Gasteiger partial charge in [-0.2, -0.15) is 0 Å². The highest BCUT2D eigenvalue weighted by molar-refractivity contribution is 5.81. The van der Waals surface area contributed by atoms with Gasteiger partial charge in [-0.1, -0.05) is 6.92 Å². The van der Waals surface area contributed by atoms with E-state index in [1.807, 2.05) is 6.92 Å². The number of rotatable bonds is 4. The van der Waals surface area contributed by atoms with Crippen LogP contribution in [0.1, 0.15) is 19.2 Å². The molecular weight excluding hydrogens is 168 g/mol. The molecule has 13 heavy (non-hydrogen) atoms. The summed E-state index contributed by atoms with van der Waals surface area (Å²) >= 11 is 0. The van der Waals surface area contributed by atoms with E-state index in [1.54, 1.807) is 12.4 Å². The lowest BCUT2D eigenvalue weighted by Gasteiger charge is -2.08. The first kappa shape index (κ1) is 9.73. The molecule has 1 atom stereocenters. The maximum absolute atomic E-state index is 11.2. The molecule has 1 heterocycles. The fourth-order valence-electron chi connectivity index (χ4n) is 0.882. The monoisotopic (exact) mass is 182 g/mol. The first-order valence-corrected chi connectivity index (χ1v) is 4.25. The van der Waals surface area contributed by atoms with Gasteiger partial charge in [0, 0.05) is 12.4 Å². The molecule has 1 aromatic rings. The first-order valence-electron chi connectivity index (χ1n) is 4.25. The number of carbonyl (C=O) groups excluding carboxylic acids is 1. The van der Waals surface area contributed by atoms with Crippen LogP contribution in [0.15, 0.2) is 12.4 Å². The van der Waals surface area contributed by atoms with Crippen LogP contribution in [0.4, 0.5) is 0 Å². The summed E-state index contributed by atoms with van der Waals surface area (Å²) in [6, 6.07) is -0.421. The molecule has 0 aliphatic carbocycles. The van der Waals surface area contributed by atoms with Gasteiger partial charge < -0.3 is 16.0 Å². The van der Waals surface area contributed by atoms with Crippen molar-refractivity contribution < 1.29 is 4.79 Å². The van der Waals surface area contributed by atoms with Crippen molar-refractivity contribution in [2.75, 3.05) is 0 Å². The van der Waals surface area contributed by atoms with Gasteiger partial charge in [0.05, 0.1) is 12.6 Å². The van der Waals surface area contributed by atoms with Crippen molar-refractivity contribution >= 4 is 5.91 Å². The van der Waals surface area contributed by atoms with Crippen molar-refractivity contribution in [3.8, 4) is 0 Å². The number of carbonyl (C=O) groups is 1. The lowest BCUT2D eigenvalue weighted by atomic mass is 10.2. The van der Waals surface area contributed by atoms with E-state index >= 15 is 0 Å². The fraction of sp³-hybridized carbons (Fsp3) is 0.500. The minimum atomic E-state index is -0.421. The Morgan fingerprint density at radius 2 is 2.62 bits per heavy atom. The maximum atomic E-state index is 11.2. The Morgan fingerprint density at radius 3 is 3.15 bits per heavy atom. The van der Waals surface area contributed by atoms with Crippen LogP contribution in [-0.4, -0.2) is 21.9 Å². The SMILES string of the molecule is CC[C@@H](N)C(=O)NCc1ncc[nH]1. The van der Waals surface area contributed by atoms with E-state index in [-0.39, 0.29) is 5.91 Å². The number of nitrogens with zero attached hydrogens (tertiary/aromatic N) is 1. The minimum Gasteiger partial charge on any atom is -0.348 e. The quantitative estimate of drug-likeness (QED) is 0.601. The topological polar surface area (TPSA) is 83.8 Å². The molecule has 72 valence electrons. The Hall–Kier alpha value is -1.36. The zero-order valence-electron chi connectivity index (χ0n) is 7.58. The molecule has 0 aliphatic rings. The third-order valence-corrected chi connectivity index (χ3v) is 1.76. The number of nitrogens with one attached hydrogen (secondary N) is 2. The number of hydrogen-bond acceptors (Lipinski definition) is 3. The summed E-state index contributed by atoms with van der Waals surface area (Å²) in [7, 11) is 0. The molecule has 0 fully saturated rings. The molecule has 5 nitrogen and oxygen atoms in total. The van der Waals surface area contributed by atoms with Gasteiger partial charge in [0.15, 0.2) is 0 Å². The highest BCUT2D eigenvalue weighted by Gasteiger charge is 2.09. The van der Waals surface area contributed by atoms with Crippen LogP contribution in [0.5, 0.6) is 0 Å². The summed E-state index contributed by atoms with van der Waals surface area (Å²) < 4.78 is 0. The zero-order valence-corrected chi connectivity index (χ0v) is 7.58. The minimum absolute atomic E-state index is 0.140. The van der Waals surface area contributed by atoms with Crippen molar-refractivity contribution in [1.82, 2.24) is 15.3 Å². The number of H-pyrrole nitrogens is 1. The third-order valence-electron chi connectivity index (χ3n) is 1.76. The van der Waals surface area contributed by atoms with Crippen LogP contribution in [0.3, 0.4) is 0 Å². The van der Waals surface area contributed by atoms with Crippen LogP contribution in [0.25, 0.3) is 0 Å². The molecule has 1 amide bonds. The van der Waals surface area contributed by atoms with Crippen LogP contribution in [-0.2, 0) is 11.3 Å². The Labute approximate surface area is 76.7 Å². The zero-order chi connectivity index (χ0) is 9.68. The molecule has 0 radical (unpaired) electrons. The predicted octanol–water partition coefficient (Wildman–Crippen LogP) is -0.237. The molecule has 0 bridgehead atoms. The summed E-state index contributed by atoms with van der Waals surface area (Å²) in [5.74, 6) is 0.593. The molecule has 1 rings (SSSR count). The van der Waals surface area contributed by atoms with Crippen LogP contribution in [0, 0.1) is 0 Å². The summed E-state index contributed by atoms with van der Waals surface area (Å²) in [5, 5.41) is 2.68. The van der Waals surface area contributed by atoms with E-state index in [0.29, 0.717) is 13.0 Å². The van der Waals surface area contributed by atoms with Crippen molar-refractivity contribution in [2.24, 2.45) is 5.73 Å². The van der Waals surface area contributed by atoms with E-state index in [2.05, 4.69) is 15.3 Å². The second-order valence-corrected chi connectivity index (χ2v) is 2.77. The van der Waals surface area contributed by atoms with Gasteiger partial charge in [0.25, 0.3) is 0 Å². The molecule has 4 N–H and O–H groups in total. The summed E-state index contributed by atoms with van der Waals surface area (Å²) in [6.07, 6.45) is 3.99. The molecule has 0 spiro atoms. The van der Waals surface area contributed by atoms with Crippen molar-refractivity contribution in [1.29, 1.82) is 0 Å². The smallest absolute Gasteiger partial charge is 0.237 e. The highest BCUT2D eigenvalue weighted by atomic mass is 16.2. The second-order valence-electron chi connectivity index (χ2n) is 2.77. The fourth-order valence-corrected chi connectivity index (χ4v) is 0.882.